The van der Waals surface area contributed by atoms with E-state index in [1.54, 1.807) is 0 Å². The van der Waals surface area contributed by atoms with E-state index < -0.39 is 5.41 Å². The molecule has 1 fully saturated rings. The highest BCUT2D eigenvalue weighted by atomic mass is 16.5. The fraction of sp³-hybridized carbons (Fsp3) is 0.647. The van der Waals surface area contributed by atoms with Crippen LogP contribution in [0, 0.1) is 6.92 Å². The summed E-state index contributed by atoms with van der Waals surface area (Å²) in [5.41, 5.74) is 1.43. The Bertz CT molecular complexity index is 449. The van der Waals surface area contributed by atoms with Crippen LogP contribution in [-0.2, 0) is 10.2 Å². The summed E-state index contributed by atoms with van der Waals surface area (Å²) in [5, 5.41) is 19.8. The van der Waals surface area contributed by atoms with E-state index in [0.29, 0.717) is 6.42 Å². The highest BCUT2D eigenvalue weighted by Gasteiger charge is 2.39. The third-order valence-electron chi connectivity index (χ3n) is 4.41. The normalized spacial score (nSPS) is 22.1. The van der Waals surface area contributed by atoms with Crippen LogP contribution in [0.4, 0.5) is 0 Å². The first kappa shape index (κ1) is 15.5. The van der Waals surface area contributed by atoms with Gasteiger partial charge in [0.05, 0.1) is 24.9 Å². The topological polar surface area (TPSA) is 49.7 Å². The summed E-state index contributed by atoms with van der Waals surface area (Å²) in [4.78, 5) is 0. The molecule has 0 aliphatic carbocycles. The molecule has 1 unspecified atom stereocenters. The summed E-state index contributed by atoms with van der Waals surface area (Å²) in [6, 6.07) is 8.04. The maximum atomic E-state index is 9.90. The van der Waals surface area contributed by atoms with Gasteiger partial charge < -0.3 is 14.9 Å². The zero-order valence-electron chi connectivity index (χ0n) is 12.7. The monoisotopic (exact) mass is 278 g/mol. The number of ether oxygens (including phenoxy) is 1. The lowest BCUT2D eigenvalue weighted by molar-refractivity contribution is -0.0381. The van der Waals surface area contributed by atoms with Crippen molar-refractivity contribution in [2.45, 2.75) is 57.2 Å². The molecule has 1 aromatic carbocycles. The Hall–Kier alpha value is -0.900. The van der Waals surface area contributed by atoms with Gasteiger partial charge in [0.25, 0.3) is 0 Å². The van der Waals surface area contributed by atoms with Gasteiger partial charge in [-0.25, -0.2) is 0 Å². The zero-order chi connectivity index (χ0) is 14.8. The van der Waals surface area contributed by atoms with Gasteiger partial charge in [-0.3, -0.25) is 0 Å². The van der Waals surface area contributed by atoms with Gasteiger partial charge >= 0.3 is 0 Å². The van der Waals surface area contributed by atoms with E-state index in [4.69, 9.17) is 4.74 Å². The largest absolute Gasteiger partial charge is 0.395 e. The zero-order valence-corrected chi connectivity index (χ0v) is 12.7. The first-order valence-corrected chi connectivity index (χ1v) is 7.37. The van der Waals surface area contributed by atoms with Crippen molar-refractivity contribution in [1.29, 1.82) is 0 Å². The van der Waals surface area contributed by atoms with Crippen molar-refractivity contribution in [3.8, 4) is 0 Å². The number of aryl methyl sites for hydroxylation is 1. The SMILES string of the molecule is Cc1cccc(C(CO)(CO)CC2CCC(C)(C)O2)c1. The summed E-state index contributed by atoms with van der Waals surface area (Å²) in [7, 11) is 0. The predicted octanol–water partition coefficient (Wildman–Crippen LogP) is 2.57. The maximum absolute atomic E-state index is 9.90. The molecule has 0 radical (unpaired) electrons. The molecule has 1 aromatic rings. The Kier molecular flexibility index (Phi) is 4.52. The molecule has 1 aliphatic rings. The first-order valence-electron chi connectivity index (χ1n) is 7.37. The van der Waals surface area contributed by atoms with Crippen LogP contribution in [0.1, 0.15) is 44.2 Å². The standard InChI is InChI=1S/C17H26O3/c1-13-5-4-6-14(9-13)17(11-18,12-19)10-15-7-8-16(2,3)20-15/h4-6,9,15,18-19H,7-8,10-12H2,1-3H3. The van der Waals surface area contributed by atoms with Gasteiger partial charge in [0.15, 0.2) is 0 Å². The van der Waals surface area contributed by atoms with Crippen molar-refractivity contribution < 1.29 is 14.9 Å². The van der Waals surface area contributed by atoms with Crippen molar-refractivity contribution in [3.63, 3.8) is 0 Å². The average Bonchev–Trinajstić information content (AvgIpc) is 2.75. The number of rotatable bonds is 5. The Morgan fingerprint density at radius 1 is 1.30 bits per heavy atom. The van der Waals surface area contributed by atoms with E-state index >= 15 is 0 Å². The van der Waals surface area contributed by atoms with E-state index in [0.717, 1.165) is 24.0 Å². The van der Waals surface area contributed by atoms with Crippen LogP contribution in [0.3, 0.4) is 0 Å². The van der Waals surface area contributed by atoms with Gasteiger partial charge in [-0.15, -0.1) is 0 Å². The van der Waals surface area contributed by atoms with E-state index in [2.05, 4.69) is 13.8 Å². The van der Waals surface area contributed by atoms with Crippen LogP contribution in [0.5, 0.6) is 0 Å². The van der Waals surface area contributed by atoms with Gasteiger partial charge in [-0.05, 0) is 45.6 Å². The van der Waals surface area contributed by atoms with Crippen LogP contribution >= 0.6 is 0 Å². The summed E-state index contributed by atoms with van der Waals surface area (Å²) in [6.45, 7) is 6.09. The molecule has 0 spiro atoms. The van der Waals surface area contributed by atoms with E-state index in [1.165, 1.54) is 0 Å². The molecule has 1 heterocycles. The van der Waals surface area contributed by atoms with Gasteiger partial charge in [0.2, 0.25) is 0 Å². The van der Waals surface area contributed by atoms with Crippen molar-refractivity contribution in [2.24, 2.45) is 0 Å². The van der Waals surface area contributed by atoms with Gasteiger partial charge in [0.1, 0.15) is 0 Å². The van der Waals surface area contributed by atoms with Gasteiger partial charge in [0, 0.05) is 5.41 Å². The molecule has 0 amide bonds. The molecule has 1 atom stereocenters. The molecule has 3 heteroatoms. The number of benzene rings is 1. The molecule has 20 heavy (non-hydrogen) atoms. The predicted molar refractivity (Wildman–Crippen MR) is 79.8 cm³/mol. The highest BCUT2D eigenvalue weighted by Crippen LogP contribution is 2.37. The number of hydrogen-bond acceptors (Lipinski definition) is 3. The lowest BCUT2D eigenvalue weighted by Crippen LogP contribution is -2.39. The van der Waals surface area contributed by atoms with E-state index in [1.807, 2.05) is 31.2 Å². The highest BCUT2D eigenvalue weighted by molar-refractivity contribution is 5.30. The van der Waals surface area contributed by atoms with Crippen LogP contribution in [0.15, 0.2) is 24.3 Å². The minimum Gasteiger partial charge on any atom is -0.395 e. The molecule has 0 aromatic heterocycles. The summed E-state index contributed by atoms with van der Waals surface area (Å²) >= 11 is 0. The maximum Gasteiger partial charge on any atom is 0.0631 e. The number of aliphatic hydroxyl groups is 2. The Morgan fingerprint density at radius 3 is 2.50 bits per heavy atom. The fourth-order valence-electron chi connectivity index (χ4n) is 3.11. The molecular weight excluding hydrogens is 252 g/mol. The van der Waals surface area contributed by atoms with Crippen molar-refractivity contribution in [3.05, 3.63) is 35.4 Å². The molecule has 2 rings (SSSR count). The Morgan fingerprint density at radius 2 is 2.00 bits per heavy atom. The number of aliphatic hydroxyl groups excluding tert-OH is 2. The molecule has 1 aliphatic heterocycles. The molecule has 112 valence electrons. The minimum absolute atomic E-state index is 0.0623. The summed E-state index contributed by atoms with van der Waals surface area (Å²) < 4.78 is 6.04. The van der Waals surface area contributed by atoms with E-state index in [-0.39, 0.29) is 24.9 Å². The van der Waals surface area contributed by atoms with Crippen LogP contribution in [0.2, 0.25) is 0 Å². The fourth-order valence-corrected chi connectivity index (χ4v) is 3.11. The van der Waals surface area contributed by atoms with Crippen molar-refractivity contribution in [1.82, 2.24) is 0 Å². The van der Waals surface area contributed by atoms with E-state index in [9.17, 15) is 10.2 Å². The second-order valence-corrected chi connectivity index (χ2v) is 6.71. The number of hydrogen-bond donors (Lipinski definition) is 2. The molecule has 3 nitrogen and oxygen atoms in total. The van der Waals surface area contributed by atoms with Crippen LogP contribution < -0.4 is 0 Å². The van der Waals surface area contributed by atoms with Gasteiger partial charge in [-0.2, -0.15) is 0 Å². The molecular formula is C17H26O3. The van der Waals surface area contributed by atoms with Crippen LogP contribution in [0.25, 0.3) is 0 Å². The second-order valence-electron chi connectivity index (χ2n) is 6.71. The van der Waals surface area contributed by atoms with Crippen molar-refractivity contribution in [2.75, 3.05) is 13.2 Å². The second kappa shape index (κ2) is 5.84. The Labute approximate surface area is 121 Å². The first-order chi connectivity index (χ1) is 9.41. The summed E-state index contributed by atoms with van der Waals surface area (Å²) in [6.07, 6.45) is 2.77. The molecule has 1 saturated heterocycles. The third kappa shape index (κ3) is 3.22. The molecule has 2 N–H and O–H groups in total. The molecule has 0 bridgehead atoms. The lowest BCUT2D eigenvalue weighted by Gasteiger charge is -2.33. The molecule has 0 saturated carbocycles. The summed E-state index contributed by atoms with van der Waals surface area (Å²) in [5.74, 6) is 0. The Balaban J connectivity index is 2.22. The average molecular weight is 278 g/mol. The minimum atomic E-state index is -0.614. The van der Waals surface area contributed by atoms with Crippen molar-refractivity contribution >= 4 is 0 Å². The lowest BCUT2D eigenvalue weighted by atomic mass is 9.76. The quantitative estimate of drug-likeness (QED) is 0.870. The third-order valence-corrected chi connectivity index (χ3v) is 4.41. The van der Waals surface area contributed by atoms with Crippen LogP contribution in [-0.4, -0.2) is 35.1 Å². The smallest absolute Gasteiger partial charge is 0.0631 e. The van der Waals surface area contributed by atoms with Gasteiger partial charge in [-0.1, -0.05) is 29.8 Å².